The molecule has 1 aromatic heterocycles. The molecule has 1 N–H and O–H groups in total. The number of aromatic nitrogens is 2. The molecule has 1 fully saturated rings. The van der Waals surface area contributed by atoms with Crippen molar-refractivity contribution in [2.24, 2.45) is 7.05 Å². The molecular formula is C13H18N2O3. The highest BCUT2D eigenvalue weighted by Crippen LogP contribution is 2.28. The van der Waals surface area contributed by atoms with E-state index in [2.05, 4.69) is 5.10 Å². The van der Waals surface area contributed by atoms with Gasteiger partial charge in [-0.05, 0) is 38.7 Å². The van der Waals surface area contributed by atoms with Crippen LogP contribution in [0.3, 0.4) is 0 Å². The lowest BCUT2D eigenvalue weighted by Gasteiger charge is -2.13. The smallest absolute Gasteiger partial charge is 0.328 e. The molecule has 1 aliphatic carbocycles. The number of aryl methyl sites for hydroxylation is 2. The number of rotatable bonds is 4. The fourth-order valence-corrected chi connectivity index (χ4v) is 2.30. The maximum Gasteiger partial charge on any atom is 0.328 e. The summed E-state index contributed by atoms with van der Waals surface area (Å²) >= 11 is 0. The molecule has 1 aromatic rings. The predicted molar refractivity (Wildman–Crippen MR) is 67.5 cm³/mol. The predicted octanol–water partition coefficient (Wildman–Crippen LogP) is 2.15. The van der Waals surface area contributed by atoms with E-state index in [1.54, 1.807) is 10.8 Å². The zero-order valence-corrected chi connectivity index (χ0v) is 10.7. The van der Waals surface area contributed by atoms with Gasteiger partial charge < -0.3 is 9.84 Å². The van der Waals surface area contributed by atoms with Gasteiger partial charge in [-0.2, -0.15) is 5.10 Å². The van der Waals surface area contributed by atoms with Gasteiger partial charge in [0.25, 0.3) is 0 Å². The van der Waals surface area contributed by atoms with Crippen LogP contribution in [0.1, 0.15) is 36.9 Å². The van der Waals surface area contributed by atoms with Crippen LogP contribution in [0.2, 0.25) is 0 Å². The Morgan fingerprint density at radius 2 is 2.17 bits per heavy atom. The third-order valence-electron chi connectivity index (χ3n) is 3.19. The number of hydrogen-bond donors (Lipinski definition) is 1. The summed E-state index contributed by atoms with van der Waals surface area (Å²) in [7, 11) is 1.81. The van der Waals surface area contributed by atoms with E-state index in [0.29, 0.717) is 5.88 Å². The molecule has 0 radical (unpaired) electrons. The monoisotopic (exact) mass is 250 g/mol. The third-order valence-corrected chi connectivity index (χ3v) is 3.19. The van der Waals surface area contributed by atoms with Crippen molar-refractivity contribution in [3.8, 4) is 5.88 Å². The maximum absolute atomic E-state index is 10.6. The van der Waals surface area contributed by atoms with Crippen molar-refractivity contribution in [2.75, 3.05) is 0 Å². The first kappa shape index (κ1) is 12.7. The van der Waals surface area contributed by atoms with E-state index in [4.69, 9.17) is 9.84 Å². The molecule has 0 aliphatic heterocycles. The quantitative estimate of drug-likeness (QED) is 0.831. The zero-order valence-electron chi connectivity index (χ0n) is 10.7. The average molecular weight is 250 g/mol. The summed E-state index contributed by atoms with van der Waals surface area (Å²) in [6.45, 7) is 1.85. The lowest BCUT2D eigenvalue weighted by molar-refractivity contribution is -0.131. The molecule has 0 amide bonds. The highest BCUT2D eigenvalue weighted by molar-refractivity contribution is 5.86. The van der Waals surface area contributed by atoms with E-state index in [0.717, 1.165) is 30.2 Å². The number of hydrogen-bond acceptors (Lipinski definition) is 3. The fourth-order valence-electron chi connectivity index (χ4n) is 2.30. The maximum atomic E-state index is 10.6. The van der Waals surface area contributed by atoms with Gasteiger partial charge in [-0.3, -0.25) is 0 Å². The van der Waals surface area contributed by atoms with Crippen molar-refractivity contribution < 1.29 is 14.6 Å². The molecule has 1 aliphatic rings. The van der Waals surface area contributed by atoms with Gasteiger partial charge in [0.05, 0.1) is 11.3 Å². The molecule has 18 heavy (non-hydrogen) atoms. The highest BCUT2D eigenvalue weighted by Gasteiger charge is 2.21. The van der Waals surface area contributed by atoms with Crippen LogP contribution in [0, 0.1) is 6.92 Å². The molecule has 0 spiro atoms. The summed E-state index contributed by atoms with van der Waals surface area (Å²) in [5, 5.41) is 13.0. The second-order valence-corrected chi connectivity index (χ2v) is 4.62. The summed E-state index contributed by atoms with van der Waals surface area (Å²) in [5.41, 5.74) is 1.54. The third kappa shape index (κ3) is 2.72. The molecule has 0 bridgehead atoms. The van der Waals surface area contributed by atoms with Crippen molar-refractivity contribution >= 4 is 12.0 Å². The minimum Gasteiger partial charge on any atom is -0.478 e. The Balaban J connectivity index is 2.24. The normalized spacial score (nSPS) is 16.6. The summed E-state index contributed by atoms with van der Waals surface area (Å²) in [5.74, 6) is -0.304. The molecular weight excluding hydrogens is 232 g/mol. The zero-order chi connectivity index (χ0) is 13.1. The average Bonchev–Trinajstić information content (AvgIpc) is 2.87. The molecule has 0 atom stereocenters. The Kier molecular flexibility index (Phi) is 3.69. The molecule has 0 unspecified atom stereocenters. The van der Waals surface area contributed by atoms with Crippen molar-refractivity contribution in [1.82, 2.24) is 9.78 Å². The molecule has 0 aromatic carbocycles. The first-order valence-electron chi connectivity index (χ1n) is 6.19. The SMILES string of the molecule is Cc1nn(C)c(OC2CCCC2)c1C=CC(=O)O. The van der Waals surface area contributed by atoms with Crippen LogP contribution in [0.4, 0.5) is 0 Å². The largest absolute Gasteiger partial charge is 0.478 e. The number of carboxylic acids is 1. The number of ether oxygens (including phenoxy) is 1. The molecule has 5 heteroatoms. The second kappa shape index (κ2) is 5.25. The van der Waals surface area contributed by atoms with Crippen LogP contribution in [-0.4, -0.2) is 27.0 Å². The van der Waals surface area contributed by atoms with E-state index in [9.17, 15) is 4.79 Å². The Labute approximate surface area is 106 Å². The molecule has 1 heterocycles. The van der Waals surface area contributed by atoms with E-state index in [1.807, 2.05) is 14.0 Å². The summed E-state index contributed by atoms with van der Waals surface area (Å²) in [4.78, 5) is 10.6. The van der Waals surface area contributed by atoms with Crippen LogP contribution in [0.25, 0.3) is 6.08 Å². The van der Waals surface area contributed by atoms with Crippen LogP contribution in [0.15, 0.2) is 6.08 Å². The van der Waals surface area contributed by atoms with E-state index < -0.39 is 5.97 Å². The molecule has 98 valence electrons. The number of nitrogens with zero attached hydrogens (tertiary/aromatic N) is 2. The first-order valence-corrected chi connectivity index (χ1v) is 6.19. The van der Waals surface area contributed by atoms with Crippen LogP contribution < -0.4 is 4.74 Å². The summed E-state index contributed by atoms with van der Waals surface area (Å²) in [6, 6.07) is 0. The van der Waals surface area contributed by atoms with Crippen molar-refractivity contribution in [3.63, 3.8) is 0 Å². The van der Waals surface area contributed by atoms with Gasteiger partial charge >= 0.3 is 5.97 Å². The van der Waals surface area contributed by atoms with E-state index >= 15 is 0 Å². The topological polar surface area (TPSA) is 64.4 Å². The number of carbonyl (C=O) groups is 1. The minimum atomic E-state index is -0.968. The van der Waals surface area contributed by atoms with Crippen molar-refractivity contribution in [3.05, 3.63) is 17.3 Å². The van der Waals surface area contributed by atoms with Gasteiger partial charge in [-0.25, -0.2) is 9.48 Å². The lowest BCUT2D eigenvalue weighted by atomic mass is 10.2. The van der Waals surface area contributed by atoms with Gasteiger partial charge in [0.1, 0.15) is 6.10 Å². The van der Waals surface area contributed by atoms with Crippen LogP contribution >= 0.6 is 0 Å². The van der Waals surface area contributed by atoms with Gasteiger partial charge in [0.15, 0.2) is 0 Å². The summed E-state index contributed by atoms with van der Waals surface area (Å²) < 4.78 is 7.62. The van der Waals surface area contributed by atoms with E-state index in [1.165, 1.54) is 12.8 Å². The van der Waals surface area contributed by atoms with Crippen LogP contribution in [-0.2, 0) is 11.8 Å². The second-order valence-electron chi connectivity index (χ2n) is 4.62. The molecule has 5 nitrogen and oxygen atoms in total. The Hall–Kier alpha value is -1.78. The first-order chi connectivity index (χ1) is 8.58. The molecule has 0 saturated heterocycles. The van der Waals surface area contributed by atoms with Gasteiger partial charge in [0.2, 0.25) is 5.88 Å². The number of aliphatic carboxylic acids is 1. The number of carboxylic acid groups (broad SMARTS) is 1. The van der Waals surface area contributed by atoms with Gasteiger partial charge in [-0.1, -0.05) is 0 Å². The lowest BCUT2D eigenvalue weighted by Crippen LogP contribution is -2.13. The highest BCUT2D eigenvalue weighted by atomic mass is 16.5. The van der Waals surface area contributed by atoms with Gasteiger partial charge in [0, 0.05) is 13.1 Å². The van der Waals surface area contributed by atoms with Crippen molar-refractivity contribution in [1.29, 1.82) is 0 Å². The fraction of sp³-hybridized carbons (Fsp3) is 0.538. The molecule has 2 rings (SSSR count). The Bertz CT molecular complexity index is 471. The Morgan fingerprint density at radius 3 is 2.78 bits per heavy atom. The van der Waals surface area contributed by atoms with Crippen LogP contribution in [0.5, 0.6) is 5.88 Å². The Morgan fingerprint density at radius 1 is 1.50 bits per heavy atom. The van der Waals surface area contributed by atoms with Crippen molar-refractivity contribution in [2.45, 2.75) is 38.7 Å². The van der Waals surface area contributed by atoms with E-state index in [-0.39, 0.29) is 6.10 Å². The standard InChI is InChI=1S/C13H18N2O3/c1-9-11(7-8-12(16)17)13(15(2)14-9)18-10-5-3-4-6-10/h7-8,10H,3-6H2,1-2H3,(H,16,17). The molecule has 1 saturated carbocycles. The van der Waals surface area contributed by atoms with Gasteiger partial charge in [-0.15, -0.1) is 0 Å². The minimum absolute atomic E-state index is 0.233. The summed E-state index contributed by atoms with van der Waals surface area (Å²) in [6.07, 6.45) is 7.42.